The predicted molar refractivity (Wildman–Crippen MR) is 124 cm³/mol. The first-order valence-electron chi connectivity index (χ1n) is 10.2. The molecule has 0 spiro atoms. The molecule has 0 radical (unpaired) electrons. The van der Waals surface area contributed by atoms with Crippen LogP contribution in [0.25, 0.3) is 10.2 Å². The number of aryl methyl sites for hydroxylation is 2. The smallest absolute Gasteiger partial charge is 0.266 e. The minimum Gasteiger partial charge on any atom is -0.321 e. The highest BCUT2D eigenvalue weighted by Gasteiger charge is 2.24. The Morgan fingerprint density at radius 1 is 1.23 bits per heavy atom. The third-order valence-corrected chi connectivity index (χ3v) is 8.10. The van der Waals surface area contributed by atoms with Crippen molar-refractivity contribution in [1.29, 1.82) is 0 Å². The molecule has 0 atom stereocenters. The van der Waals surface area contributed by atoms with Gasteiger partial charge in [0, 0.05) is 18.7 Å². The van der Waals surface area contributed by atoms with Crippen LogP contribution in [0.5, 0.6) is 0 Å². The molecule has 1 aliphatic rings. The third-order valence-electron chi connectivity index (χ3n) is 5.44. The number of nitrogens with zero attached hydrogens (tertiary/aromatic N) is 2. The number of sulfonamides is 1. The molecule has 0 saturated heterocycles. The second kappa shape index (κ2) is 8.08. The molecule has 2 aromatic heterocycles. The summed E-state index contributed by atoms with van der Waals surface area (Å²) in [6, 6.07) is 5.06. The fourth-order valence-electron chi connectivity index (χ4n) is 3.84. The number of thiophene rings is 1. The van der Waals surface area contributed by atoms with E-state index in [9.17, 15) is 18.0 Å². The van der Waals surface area contributed by atoms with Gasteiger partial charge in [-0.15, -0.1) is 11.3 Å². The van der Waals surface area contributed by atoms with Crippen molar-refractivity contribution in [2.75, 3.05) is 15.8 Å². The van der Waals surface area contributed by atoms with E-state index in [4.69, 9.17) is 0 Å². The van der Waals surface area contributed by atoms with Gasteiger partial charge in [-0.05, 0) is 49.9 Å². The Labute approximate surface area is 184 Å². The first-order chi connectivity index (χ1) is 14.7. The lowest BCUT2D eigenvalue weighted by Gasteiger charge is -2.14. The van der Waals surface area contributed by atoms with Crippen LogP contribution in [0.15, 0.2) is 23.0 Å². The summed E-state index contributed by atoms with van der Waals surface area (Å²) < 4.78 is 28.5. The molecule has 0 unspecified atom stereocenters. The van der Waals surface area contributed by atoms with Crippen LogP contribution in [-0.2, 0) is 23.0 Å². The van der Waals surface area contributed by atoms with E-state index in [0.29, 0.717) is 50.6 Å². The van der Waals surface area contributed by atoms with E-state index in [1.54, 1.807) is 43.5 Å². The molecule has 10 heteroatoms. The normalized spacial score (nSPS) is 13.4. The van der Waals surface area contributed by atoms with Gasteiger partial charge in [-0.2, -0.15) is 0 Å². The highest BCUT2D eigenvalue weighted by molar-refractivity contribution is 7.92. The van der Waals surface area contributed by atoms with Gasteiger partial charge in [0.2, 0.25) is 10.0 Å². The van der Waals surface area contributed by atoms with E-state index in [2.05, 4.69) is 15.0 Å². The van der Waals surface area contributed by atoms with Crippen LogP contribution >= 0.6 is 11.3 Å². The molecule has 0 aliphatic carbocycles. The monoisotopic (exact) mass is 460 g/mol. The summed E-state index contributed by atoms with van der Waals surface area (Å²) in [5, 5.41) is 3.36. The largest absolute Gasteiger partial charge is 0.321 e. The third kappa shape index (κ3) is 3.97. The molecule has 0 fully saturated rings. The first-order valence-corrected chi connectivity index (χ1v) is 12.6. The van der Waals surface area contributed by atoms with Gasteiger partial charge in [0.1, 0.15) is 10.7 Å². The number of amides is 1. The Morgan fingerprint density at radius 3 is 2.71 bits per heavy atom. The van der Waals surface area contributed by atoms with Crippen molar-refractivity contribution in [3.8, 4) is 0 Å². The lowest BCUT2D eigenvalue weighted by Crippen LogP contribution is -2.21. The molecule has 1 amide bonds. The molecular weight excluding hydrogens is 436 g/mol. The van der Waals surface area contributed by atoms with Crippen molar-refractivity contribution in [1.82, 2.24) is 9.55 Å². The molecule has 0 bridgehead atoms. The summed E-state index contributed by atoms with van der Waals surface area (Å²) in [6.07, 6.45) is 2.18. The Kier molecular flexibility index (Phi) is 5.61. The van der Waals surface area contributed by atoms with Gasteiger partial charge in [-0.3, -0.25) is 18.9 Å². The highest BCUT2D eigenvalue weighted by atomic mass is 32.2. The van der Waals surface area contributed by atoms with Crippen molar-refractivity contribution in [3.63, 3.8) is 0 Å². The standard InChI is InChI=1S/C21H24N4O4S2/c1-4-11-31(28,29)24-15-8-5-7-14(12(15)2)22-19(26)18-13(3)17-20(30-18)23-16-9-6-10-25(16)21(17)27/h5,7-8,24H,4,6,9-11H2,1-3H3,(H,22,26). The summed E-state index contributed by atoms with van der Waals surface area (Å²) in [5.74, 6) is 0.451. The lowest BCUT2D eigenvalue weighted by atomic mass is 10.1. The number of hydrogen-bond donors (Lipinski definition) is 2. The van der Waals surface area contributed by atoms with Gasteiger partial charge in [0.05, 0.1) is 21.7 Å². The van der Waals surface area contributed by atoms with Gasteiger partial charge in [0.15, 0.2) is 0 Å². The van der Waals surface area contributed by atoms with Gasteiger partial charge in [-0.1, -0.05) is 13.0 Å². The maximum absolute atomic E-state index is 13.0. The van der Waals surface area contributed by atoms with Crippen molar-refractivity contribution >= 4 is 48.9 Å². The van der Waals surface area contributed by atoms with Crippen LogP contribution in [0, 0.1) is 13.8 Å². The molecule has 1 aromatic carbocycles. The van der Waals surface area contributed by atoms with E-state index < -0.39 is 10.0 Å². The number of hydrogen-bond acceptors (Lipinski definition) is 6. The summed E-state index contributed by atoms with van der Waals surface area (Å²) in [4.78, 5) is 31.5. The summed E-state index contributed by atoms with van der Waals surface area (Å²) >= 11 is 1.21. The molecule has 164 valence electrons. The van der Waals surface area contributed by atoms with Gasteiger partial charge >= 0.3 is 0 Å². The van der Waals surface area contributed by atoms with E-state index in [-0.39, 0.29) is 17.2 Å². The number of nitrogens with one attached hydrogen (secondary N) is 2. The number of carbonyl (C=O) groups excluding carboxylic acids is 1. The quantitative estimate of drug-likeness (QED) is 0.586. The van der Waals surface area contributed by atoms with Crippen LogP contribution in [0.1, 0.15) is 46.4 Å². The minimum atomic E-state index is -3.44. The molecule has 2 N–H and O–H groups in total. The van der Waals surface area contributed by atoms with E-state index in [0.717, 1.165) is 18.7 Å². The van der Waals surface area contributed by atoms with Gasteiger partial charge in [-0.25, -0.2) is 13.4 Å². The minimum absolute atomic E-state index is 0.0243. The zero-order valence-corrected chi connectivity index (χ0v) is 19.2. The van der Waals surface area contributed by atoms with Gasteiger partial charge < -0.3 is 5.32 Å². The molecule has 31 heavy (non-hydrogen) atoms. The van der Waals surface area contributed by atoms with Crippen LogP contribution in [-0.4, -0.2) is 29.6 Å². The molecule has 8 nitrogen and oxygen atoms in total. The second-order valence-corrected chi connectivity index (χ2v) is 10.5. The SMILES string of the molecule is CCCS(=O)(=O)Nc1cccc(NC(=O)c2sc3nc4n(c(=O)c3c2C)CCC4)c1C. The molecule has 0 saturated carbocycles. The molecule has 1 aliphatic heterocycles. The first kappa shape index (κ1) is 21.5. The van der Waals surface area contributed by atoms with E-state index in [1.807, 2.05) is 0 Å². The summed E-state index contributed by atoms with van der Waals surface area (Å²) in [6.45, 7) is 5.97. The maximum Gasteiger partial charge on any atom is 0.266 e. The van der Waals surface area contributed by atoms with Gasteiger partial charge in [0.25, 0.3) is 11.5 Å². The van der Waals surface area contributed by atoms with Crippen molar-refractivity contribution in [2.24, 2.45) is 0 Å². The summed E-state index contributed by atoms with van der Waals surface area (Å²) in [5.41, 5.74) is 2.08. The van der Waals surface area contributed by atoms with Crippen LogP contribution in [0.2, 0.25) is 0 Å². The highest BCUT2D eigenvalue weighted by Crippen LogP contribution is 2.30. The maximum atomic E-state index is 13.0. The number of benzene rings is 1. The Balaban J connectivity index is 1.66. The zero-order valence-electron chi connectivity index (χ0n) is 17.6. The van der Waals surface area contributed by atoms with Crippen molar-refractivity contribution < 1.29 is 13.2 Å². The average molecular weight is 461 g/mol. The lowest BCUT2D eigenvalue weighted by molar-refractivity contribution is 0.103. The predicted octanol–water partition coefficient (Wildman–Crippen LogP) is 3.43. The number of fused-ring (bicyclic) bond motifs is 2. The number of anilines is 2. The van der Waals surface area contributed by atoms with Crippen molar-refractivity contribution in [2.45, 2.75) is 46.6 Å². The van der Waals surface area contributed by atoms with E-state index in [1.165, 1.54) is 11.3 Å². The average Bonchev–Trinajstić information content (AvgIpc) is 3.30. The zero-order chi connectivity index (χ0) is 22.3. The topological polar surface area (TPSA) is 110 Å². The number of rotatable bonds is 6. The van der Waals surface area contributed by atoms with Crippen molar-refractivity contribution in [3.05, 3.63) is 50.4 Å². The number of aromatic nitrogens is 2. The van der Waals surface area contributed by atoms with Crippen LogP contribution in [0.3, 0.4) is 0 Å². The Bertz CT molecular complexity index is 1360. The Hall–Kier alpha value is -2.72. The van der Waals surface area contributed by atoms with E-state index >= 15 is 0 Å². The summed E-state index contributed by atoms with van der Waals surface area (Å²) in [7, 11) is -3.44. The fourth-order valence-corrected chi connectivity index (χ4v) is 6.12. The molecule has 4 rings (SSSR count). The van der Waals surface area contributed by atoms with Crippen LogP contribution in [0.4, 0.5) is 11.4 Å². The fraction of sp³-hybridized carbons (Fsp3) is 0.381. The molecule has 3 aromatic rings. The molecular formula is C21H24N4O4S2. The Morgan fingerprint density at radius 2 is 1.97 bits per heavy atom. The molecule has 3 heterocycles. The number of carbonyl (C=O) groups is 1. The second-order valence-electron chi connectivity index (χ2n) is 7.68. The van der Waals surface area contributed by atoms with Crippen LogP contribution < -0.4 is 15.6 Å².